The summed E-state index contributed by atoms with van der Waals surface area (Å²) in [6, 6.07) is 8.76. The number of carbonyl (C=O) groups is 4. The smallest absolute Gasteiger partial charge is 0.338 e. The molecule has 1 aromatic rings. The topological polar surface area (TPSA) is 105 Å². The Kier molecular flexibility index (Phi) is 10.3. The van der Waals surface area contributed by atoms with Crippen LogP contribution in [0.4, 0.5) is 0 Å². The lowest BCUT2D eigenvalue weighted by atomic mass is 9.77. The molecule has 1 unspecified atom stereocenters. The van der Waals surface area contributed by atoms with Crippen LogP contribution in [0.2, 0.25) is 0 Å². The summed E-state index contributed by atoms with van der Waals surface area (Å²) in [5.74, 6) is -2.94. The predicted octanol–water partition coefficient (Wildman–Crippen LogP) is 5.97. The molecular weight excluding hydrogens is 524 g/mol. The predicted molar refractivity (Wildman–Crippen MR) is 153 cm³/mol. The van der Waals surface area contributed by atoms with Crippen molar-refractivity contribution in [2.75, 3.05) is 7.11 Å². The third kappa shape index (κ3) is 7.75. The first-order chi connectivity index (χ1) is 19.2. The van der Waals surface area contributed by atoms with Gasteiger partial charge in [-0.1, -0.05) is 69.7 Å². The highest BCUT2D eigenvalue weighted by Gasteiger charge is 2.44. The van der Waals surface area contributed by atoms with Gasteiger partial charge < -0.3 is 18.9 Å². The molecule has 41 heavy (non-hydrogen) atoms. The number of methoxy groups -OCH3 is 1. The van der Waals surface area contributed by atoms with Crippen LogP contribution >= 0.6 is 0 Å². The van der Waals surface area contributed by atoms with Crippen LogP contribution in [-0.4, -0.2) is 43.2 Å². The number of ether oxygens (including phenoxy) is 4. The largest absolute Gasteiger partial charge is 0.469 e. The van der Waals surface area contributed by atoms with E-state index in [1.807, 2.05) is 58.9 Å². The average molecular weight is 567 g/mol. The van der Waals surface area contributed by atoms with E-state index in [1.165, 1.54) is 21.0 Å². The van der Waals surface area contributed by atoms with Gasteiger partial charge in [0.1, 0.15) is 18.0 Å². The van der Waals surface area contributed by atoms with Crippen LogP contribution in [0.3, 0.4) is 0 Å². The summed E-state index contributed by atoms with van der Waals surface area (Å²) in [6.07, 6.45) is 5.30. The first-order valence-corrected chi connectivity index (χ1v) is 14.0. The van der Waals surface area contributed by atoms with Crippen molar-refractivity contribution in [3.05, 3.63) is 71.0 Å². The van der Waals surface area contributed by atoms with E-state index in [9.17, 15) is 19.2 Å². The monoisotopic (exact) mass is 566 g/mol. The molecule has 0 N–H and O–H groups in total. The van der Waals surface area contributed by atoms with Crippen molar-refractivity contribution in [1.29, 1.82) is 0 Å². The van der Waals surface area contributed by atoms with Crippen LogP contribution in [0.15, 0.2) is 65.5 Å². The molecule has 3 rings (SSSR count). The highest BCUT2D eigenvalue weighted by Crippen LogP contribution is 2.45. The number of fused-ring (bicyclic) bond motifs is 1. The van der Waals surface area contributed by atoms with E-state index in [-0.39, 0.29) is 18.3 Å². The molecule has 0 spiro atoms. The highest BCUT2D eigenvalue weighted by atomic mass is 16.6. The van der Waals surface area contributed by atoms with Gasteiger partial charge in [-0.2, -0.15) is 0 Å². The minimum Gasteiger partial charge on any atom is -0.469 e. The number of allylic oxidation sites excluding steroid dienone is 1. The zero-order valence-electron chi connectivity index (χ0n) is 25.3. The van der Waals surface area contributed by atoms with Gasteiger partial charge in [-0.25, -0.2) is 4.79 Å². The van der Waals surface area contributed by atoms with Crippen molar-refractivity contribution >= 4 is 23.9 Å². The van der Waals surface area contributed by atoms with Crippen LogP contribution in [0.1, 0.15) is 71.7 Å². The Bertz CT molecular complexity index is 1240. The lowest BCUT2D eigenvalue weighted by Crippen LogP contribution is -2.37. The van der Waals surface area contributed by atoms with E-state index in [0.717, 1.165) is 5.57 Å². The van der Waals surface area contributed by atoms with Crippen molar-refractivity contribution in [3.63, 3.8) is 0 Å². The third-order valence-corrected chi connectivity index (χ3v) is 7.98. The molecule has 0 saturated heterocycles. The molecule has 8 nitrogen and oxygen atoms in total. The molecule has 0 amide bonds. The van der Waals surface area contributed by atoms with Gasteiger partial charge in [-0.05, 0) is 37.0 Å². The van der Waals surface area contributed by atoms with Gasteiger partial charge in [-0.3, -0.25) is 14.4 Å². The fourth-order valence-corrected chi connectivity index (χ4v) is 5.69. The second-order valence-electron chi connectivity index (χ2n) is 11.7. The Morgan fingerprint density at radius 3 is 2.20 bits per heavy atom. The van der Waals surface area contributed by atoms with Crippen LogP contribution in [-0.2, 0) is 33.3 Å². The Morgan fingerprint density at radius 2 is 1.61 bits per heavy atom. The number of esters is 4. The SMILES string of the molecule is COC(=O)[C@@H]1C[C@@H](OC(C)=O)C(C)(C)/C=C/[C@H](C)/C(OC(C)=O)=C2/C[C@H](C)[C@H](OC(=O)c3ccccc3)C2/C=C/1C. The van der Waals surface area contributed by atoms with Gasteiger partial charge in [0.05, 0.1) is 18.6 Å². The zero-order valence-corrected chi connectivity index (χ0v) is 25.3. The normalized spacial score (nSPS) is 31.7. The minimum atomic E-state index is -0.728. The molecule has 2 aliphatic rings. The van der Waals surface area contributed by atoms with Crippen LogP contribution in [0, 0.1) is 29.1 Å². The molecule has 0 aromatic heterocycles. The highest BCUT2D eigenvalue weighted by molar-refractivity contribution is 5.89. The zero-order chi connectivity index (χ0) is 30.5. The molecule has 0 aliphatic heterocycles. The molecule has 2 aliphatic carbocycles. The van der Waals surface area contributed by atoms with Crippen LogP contribution in [0.25, 0.3) is 0 Å². The Morgan fingerprint density at radius 1 is 0.951 bits per heavy atom. The maximum Gasteiger partial charge on any atom is 0.338 e. The summed E-state index contributed by atoms with van der Waals surface area (Å²) >= 11 is 0. The van der Waals surface area contributed by atoms with Gasteiger partial charge in [0, 0.05) is 37.5 Å². The molecule has 222 valence electrons. The lowest BCUT2D eigenvalue weighted by Gasteiger charge is -2.34. The lowest BCUT2D eigenvalue weighted by molar-refractivity contribution is -0.156. The maximum atomic E-state index is 13.2. The van der Waals surface area contributed by atoms with Gasteiger partial charge in [0.2, 0.25) is 0 Å². The first-order valence-electron chi connectivity index (χ1n) is 14.0. The summed E-state index contributed by atoms with van der Waals surface area (Å²) in [5.41, 5.74) is 1.30. The molecule has 0 bridgehead atoms. The Labute approximate surface area is 242 Å². The number of carbonyl (C=O) groups excluding carboxylic acids is 4. The molecule has 8 heteroatoms. The molecule has 0 radical (unpaired) electrons. The number of benzene rings is 1. The van der Waals surface area contributed by atoms with Crippen LogP contribution < -0.4 is 0 Å². The van der Waals surface area contributed by atoms with Crippen LogP contribution in [0.5, 0.6) is 0 Å². The van der Waals surface area contributed by atoms with Gasteiger partial charge in [0.25, 0.3) is 0 Å². The minimum absolute atomic E-state index is 0.0969. The summed E-state index contributed by atoms with van der Waals surface area (Å²) < 4.78 is 22.9. The molecule has 1 saturated carbocycles. The molecule has 1 fully saturated rings. The standard InChI is InChI=1S/C33H42O8/c1-19-14-15-33(6,7)28(39-22(4)34)18-25(32(37)38-8)20(2)16-26-27(29(19)40-23(5)35)17-21(3)30(26)41-31(36)24-12-10-9-11-13-24/h9-16,19,21,25-26,28,30H,17-18H2,1-8H3/b15-14+,20-16+,29-27+/t19-,21-,25+,26?,28+,30-/m0/s1. The second kappa shape index (κ2) is 13.3. The summed E-state index contributed by atoms with van der Waals surface area (Å²) in [4.78, 5) is 50.7. The maximum absolute atomic E-state index is 13.2. The average Bonchev–Trinajstić information content (AvgIpc) is 3.21. The second-order valence-corrected chi connectivity index (χ2v) is 11.7. The van der Waals surface area contributed by atoms with Crippen molar-refractivity contribution < 1.29 is 38.1 Å². The quantitative estimate of drug-likeness (QED) is 0.244. The van der Waals surface area contributed by atoms with Crippen molar-refractivity contribution in [2.45, 2.75) is 73.5 Å². The Hall–Kier alpha value is -3.68. The van der Waals surface area contributed by atoms with E-state index in [1.54, 1.807) is 24.3 Å². The molecule has 0 heterocycles. The van der Waals surface area contributed by atoms with Gasteiger partial charge >= 0.3 is 23.9 Å². The van der Waals surface area contributed by atoms with Gasteiger partial charge in [-0.15, -0.1) is 0 Å². The van der Waals surface area contributed by atoms with E-state index < -0.39 is 53.3 Å². The number of hydrogen-bond acceptors (Lipinski definition) is 8. The fourth-order valence-electron chi connectivity index (χ4n) is 5.69. The summed E-state index contributed by atoms with van der Waals surface area (Å²) in [7, 11) is 1.32. The van der Waals surface area contributed by atoms with Crippen molar-refractivity contribution in [2.24, 2.45) is 29.1 Å². The fraction of sp³-hybridized carbons (Fsp3) is 0.515. The molecule has 6 atom stereocenters. The van der Waals surface area contributed by atoms with Crippen molar-refractivity contribution in [3.8, 4) is 0 Å². The number of hydrogen-bond donors (Lipinski definition) is 0. The van der Waals surface area contributed by atoms with E-state index in [4.69, 9.17) is 18.9 Å². The van der Waals surface area contributed by atoms with Gasteiger partial charge in [0.15, 0.2) is 0 Å². The molecule has 1 aromatic carbocycles. The Balaban J connectivity index is 2.23. The number of rotatable bonds is 5. The first kappa shape index (κ1) is 31.8. The summed E-state index contributed by atoms with van der Waals surface area (Å²) in [6.45, 7) is 12.3. The van der Waals surface area contributed by atoms with E-state index >= 15 is 0 Å². The van der Waals surface area contributed by atoms with Crippen molar-refractivity contribution in [1.82, 2.24) is 0 Å². The van der Waals surface area contributed by atoms with E-state index in [2.05, 4.69) is 0 Å². The summed E-state index contributed by atoms with van der Waals surface area (Å²) in [5, 5.41) is 0. The van der Waals surface area contributed by atoms with E-state index in [0.29, 0.717) is 23.3 Å². The third-order valence-electron chi connectivity index (χ3n) is 7.98. The molecular formula is C33H42O8.